The van der Waals surface area contributed by atoms with Crippen molar-refractivity contribution >= 4 is 28.9 Å². The number of fused-ring (bicyclic) bond motifs is 1. The van der Waals surface area contributed by atoms with Gasteiger partial charge in [-0.1, -0.05) is 0 Å². The molecule has 0 amide bonds. The molecule has 14 heavy (non-hydrogen) atoms. The smallest absolute Gasteiger partial charge is 0.123 e. The second-order valence-corrected chi connectivity index (χ2v) is 2.90. The molecule has 4 heteroatoms. The summed E-state index contributed by atoms with van der Waals surface area (Å²) in [6.07, 6.45) is 0. The number of rotatable bonds is 0. The largest absolute Gasteiger partial charge is 0.508 e. The van der Waals surface area contributed by atoms with Crippen LogP contribution in [-0.2, 0) is 0 Å². The van der Waals surface area contributed by atoms with Gasteiger partial charge in [-0.25, -0.2) is 0 Å². The molecule has 0 atom stereocenters. The van der Waals surface area contributed by atoms with Gasteiger partial charge in [-0.3, -0.25) is 0 Å². The monoisotopic (exact) mass is 211 g/mol. The van der Waals surface area contributed by atoms with Gasteiger partial charge < -0.3 is 15.9 Å². The second kappa shape index (κ2) is 3.64. The van der Waals surface area contributed by atoms with Gasteiger partial charge in [-0.15, -0.1) is 12.4 Å². The first-order valence-corrected chi connectivity index (χ1v) is 3.88. The van der Waals surface area contributed by atoms with Crippen LogP contribution in [-0.4, -0.2) is 10.2 Å². The molecule has 0 fully saturated rings. The lowest BCUT2D eigenvalue weighted by Crippen LogP contribution is -1.86. The standard InChI is InChI=1S/C10H9NO2.ClH/c11-9-3-4-10(13)7-2-1-6(12)5-8(7)9;/h1-5,12-13H,11H2;1H. The lowest BCUT2D eigenvalue weighted by atomic mass is 10.1. The van der Waals surface area contributed by atoms with Crippen molar-refractivity contribution in [3.05, 3.63) is 30.3 Å². The van der Waals surface area contributed by atoms with Gasteiger partial charge in [0, 0.05) is 16.5 Å². The third kappa shape index (κ3) is 1.54. The molecule has 0 aromatic heterocycles. The summed E-state index contributed by atoms with van der Waals surface area (Å²) in [6, 6.07) is 7.83. The molecule has 0 radical (unpaired) electrons. The molecule has 0 aliphatic rings. The molecule has 0 unspecified atom stereocenters. The molecule has 0 bridgehead atoms. The second-order valence-electron chi connectivity index (χ2n) is 2.90. The quantitative estimate of drug-likeness (QED) is 0.463. The van der Waals surface area contributed by atoms with Crippen LogP contribution in [0.1, 0.15) is 0 Å². The van der Waals surface area contributed by atoms with E-state index in [-0.39, 0.29) is 23.9 Å². The lowest BCUT2D eigenvalue weighted by molar-refractivity contribution is 0.475. The van der Waals surface area contributed by atoms with Gasteiger partial charge in [0.15, 0.2) is 0 Å². The Balaban J connectivity index is 0.000000980. The average molecular weight is 212 g/mol. The zero-order valence-corrected chi connectivity index (χ0v) is 8.08. The Kier molecular flexibility index (Phi) is 2.72. The van der Waals surface area contributed by atoms with E-state index in [1.54, 1.807) is 12.1 Å². The fourth-order valence-electron chi connectivity index (χ4n) is 1.34. The van der Waals surface area contributed by atoms with Crippen molar-refractivity contribution in [3.8, 4) is 11.5 Å². The van der Waals surface area contributed by atoms with Crippen molar-refractivity contribution in [2.75, 3.05) is 5.73 Å². The van der Waals surface area contributed by atoms with E-state index in [0.717, 1.165) is 0 Å². The minimum absolute atomic E-state index is 0. The summed E-state index contributed by atoms with van der Waals surface area (Å²) >= 11 is 0. The summed E-state index contributed by atoms with van der Waals surface area (Å²) in [4.78, 5) is 0. The SMILES string of the molecule is Cl.Nc1ccc(O)c2ccc(O)cc12. The van der Waals surface area contributed by atoms with Crippen LogP contribution in [0.3, 0.4) is 0 Å². The van der Waals surface area contributed by atoms with Crippen LogP contribution in [0.4, 0.5) is 5.69 Å². The highest BCUT2D eigenvalue weighted by Crippen LogP contribution is 2.31. The summed E-state index contributed by atoms with van der Waals surface area (Å²) < 4.78 is 0. The molecule has 0 heterocycles. The number of phenols is 2. The predicted octanol–water partition coefficient (Wildman–Crippen LogP) is 2.25. The number of hydrogen-bond acceptors (Lipinski definition) is 3. The van der Waals surface area contributed by atoms with E-state index < -0.39 is 0 Å². The number of anilines is 1. The highest BCUT2D eigenvalue weighted by molar-refractivity contribution is 5.97. The minimum Gasteiger partial charge on any atom is -0.508 e. The number of halogens is 1. The van der Waals surface area contributed by atoms with E-state index in [2.05, 4.69) is 0 Å². The number of phenolic OH excluding ortho intramolecular Hbond substituents is 2. The van der Waals surface area contributed by atoms with Crippen molar-refractivity contribution in [2.24, 2.45) is 0 Å². The van der Waals surface area contributed by atoms with Crippen LogP contribution < -0.4 is 5.73 Å². The Morgan fingerprint density at radius 3 is 2.36 bits per heavy atom. The molecule has 0 saturated heterocycles. The van der Waals surface area contributed by atoms with E-state index in [0.29, 0.717) is 16.5 Å². The highest BCUT2D eigenvalue weighted by atomic mass is 35.5. The van der Waals surface area contributed by atoms with Gasteiger partial charge in [-0.2, -0.15) is 0 Å². The molecule has 4 N–H and O–H groups in total. The Morgan fingerprint density at radius 1 is 0.929 bits per heavy atom. The maximum Gasteiger partial charge on any atom is 0.123 e. The van der Waals surface area contributed by atoms with Gasteiger partial charge >= 0.3 is 0 Å². The third-order valence-corrected chi connectivity index (χ3v) is 2.01. The Hall–Kier alpha value is -1.61. The average Bonchev–Trinajstić information content (AvgIpc) is 2.12. The molecule has 2 aromatic rings. The van der Waals surface area contributed by atoms with Crippen molar-refractivity contribution in [2.45, 2.75) is 0 Å². The van der Waals surface area contributed by atoms with Crippen LogP contribution in [0.2, 0.25) is 0 Å². The Bertz CT molecular complexity index is 471. The number of benzene rings is 2. The first-order chi connectivity index (χ1) is 6.18. The number of aromatic hydroxyl groups is 2. The zero-order valence-electron chi connectivity index (χ0n) is 7.27. The highest BCUT2D eigenvalue weighted by Gasteiger charge is 2.02. The number of nitrogens with two attached hydrogens (primary N) is 1. The van der Waals surface area contributed by atoms with E-state index in [1.807, 2.05) is 0 Å². The molecule has 74 valence electrons. The van der Waals surface area contributed by atoms with E-state index in [4.69, 9.17) is 5.73 Å². The van der Waals surface area contributed by atoms with E-state index >= 15 is 0 Å². The number of hydrogen-bond donors (Lipinski definition) is 3. The van der Waals surface area contributed by atoms with Crippen LogP contribution in [0.5, 0.6) is 11.5 Å². The Labute approximate surface area is 87.2 Å². The van der Waals surface area contributed by atoms with Crippen LogP contribution >= 0.6 is 12.4 Å². The van der Waals surface area contributed by atoms with Gasteiger partial charge in [0.2, 0.25) is 0 Å². The van der Waals surface area contributed by atoms with Crippen LogP contribution in [0.15, 0.2) is 30.3 Å². The van der Waals surface area contributed by atoms with Crippen molar-refractivity contribution in [3.63, 3.8) is 0 Å². The molecule has 0 saturated carbocycles. The lowest BCUT2D eigenvalue weighted by Gasteiger charge is -2.04. The molecule has 0 spiro atoms. The van der Waals surface area contributed by atoms with Gasteiger partial charge in [0.1, 0.15) is 11.5 Å². The fraction of sp³-hybridized carbons (Fsp3) is 0. The summed E-state index contributed by atoms with van der Waals surface area (Å²) in [5.41, 5.74) is 6.22. The zero-order chi connectivity index (χ0) is 9.42. The normalized spacial score (nSPS) is 9.71. The van der Waals surface area contributed by atoms with Gasteiger partial charge in [-0.05, 0) is 30.3 Å². The topological polar surface area (TPSA) is 66.5 Å². The van der Waals surface area contributed by atoms with Crippen molar-refractivity contribution in [1.82, 2.24) is 0 Å². The van der Waals surface area contributed by atoms with Gasteiger partial charge in [0.05, 0.1) is 0 Å². The van der Waals surface area contributed by atoms with Crippen LogP contribution in [0, 0.1) is 0 Å². The first kappa shape index (κ1) is 10.5. The molecule has 0 aliphatic carbocycles. The molecule has 3 nitrogen and oxygen atoms in total. The summed E-state index contributed by atoms with van der Waals surface area (Å²) in [5.74, 6) is 0.314. The van der Waals surface area contributed by atoms with E-state index in [1.165, 1.54) is 18.2 Å². The number of nitrogen functional groups attached to an aromatic ring is 1. The molecule has 0 aliphatic heterocycles. The fourth-order valence-corrected chi connectivity index (χ4v) is 1.34. The van der Waals surface area contributed by atoms with Crippen molar-refractivity contribution < 1.29 is 10.2 Å². The van der Waals surface area contributed by atoms with Crippen molar-refractivity contribution in [1.29, 1.82) is 0 Å². The van der Waals surface area contributed by atoms with E-state index in [9.17, 15) is 10.2 Å². The summed E-state index contributed by atoms with van der Waals surface area (Å²) in [5, 5.41) is 20.0. The minimum atomic E-state index is 0. The maximum atomic E-state index is 9.45. The molecule has 2 aromatic carbocycles. The first-order valence-electron chi connectivity index (χ1n) is 3.88. The molecule has 2 rings (SSSR count). The Morgan fingerprint density at radius 2 is 1.64 bits per heavy atom. The maximum absolute atomic E-state index is 9.45. The summed E-state index contributed by atoms with van der Waals surface area (Å²) in [6.45, 7) is 0. The van der Waals surface area contributed by atoms with Crippen LogP contribution in [0.25, 0.3) is 10.8 Å². The molecular weight excluding hydrogens is 202 g/mol. The van der Waals surface area contributed by atoms with Gasteiger partial charge in [0.25, 0.3) is 0 Å². The summed E-state index contributed by atoms with van der Waals surface area (Å²) in [7, 11) is 0. The third-order valence-electron chi connectivity index (χ3n) is 2.01. The predicted molar refractivity (Wildman–Crippen MR) is 58.9 cm³/mol. The molecular formula is C10H10ClNO2.